The summed E-state index contributed by atoms with van der Waals surface area (Å²) in [7, 11) is 1.68. The normalized spacial score (nSPS) is 10.5. The monoisotopic (exact) mass is 246 g/mol. The molecular formula is C10H14O3S2. The molecular weight excluding hydrogens is 232 g/mol. The molecule has 1 heterocycles. The Morgan fingerprint density at radius 3 is 2.93 bits per heavy atom. The van der Waals surface area contributed by atoms with Crippen molar-refractivity contribution in [3.8, 4) is 0 Å². The zero-order chi connectivity index (χ0) is 11.3. The minimum atomic E-state index is -0.837. The van der Waals surface area contributed by atoms with E-state index in [1.54, 1.807) is 24.9 Å². The van der Waals surface area contributed by atoms with Gasteiger partial charge < -0.3 is 9.84 Å². The van der Waals surface area contributed by atoms with E-state index in [2.05, 4.69) is 0 Å². The fraction of sp³-hybridized carbons (Fsp3) is 0.500. The van der Waals surface area contributed by atoms with Crippen LogP contribution in [0.1, 0.15) is 20.1 Å². The largest absolute Gasteiger partial charge is 0.477 e. The summed E-state index contributed by atoms with van der Waals surface area (Å²) in [5, 5.41) is 8.82. The number of ether oxygens (including phenoxy) is 1. The van der Waals surface area contributed by atoms with Gasteiger partial charge in [-0.1, -0.05) is 0 Å². The number of aromatic carboxylic acids is 1. The maximum atomic E-state index is 10.7. The Morgan fingerprint density at radius 1 is 1.67 bits per heavy atom. The van der Waals surface area contributed by atoms with Crippen LogP contribution in [0.3, 0.4) is 0 Å². The molecule has 84 valence electrons. The Bertz CT molecular complexity index is 333. The molecule has 1 aromatic heterocycles. The molecule has 0 aliphatic carbocycles. The highest BCUT2D eigenvalue weighted by Gasteiger charge is 2.10. The van der Waals surface area contributed by atoms with Gasteiger partial charge in [-0.3, -0.25) is 0 Å². The smallest absolute Gasteiger partial charge is 0.345 e. The van der Waals surface area contributed by atoms with Gasteiger partial charge in [0, 0.05) is 23.5 Å². The van der Waals surface area contributed by atoms with Crippen LogP contribution in [-0.4, -0.2) is 30.5 Å². The van der Waals surface area contributed by atoms with Crippen molar-refractivity contribution in [2.24, 2.45) is 0 Å². The summed E-state index contributed by atoms with van der Waals surface area (Å²) in [5.74, 6) is 0.962. The molecule has 0 unspecified atom stereocenters. The molecule has 0 atom stereocenters. The van der Waals surface area contributed by atoms with Crippen molar-refractivity contribution in [2.75, 3.05) is 19.5 Å². The van der Waals surface area contributed by atoms with Crippen LogP contribution in [0, 0.1) is 6.92 Å². The molecule has 0 spiro atoms. The second-order valence-electron chi connectivity index (χ2n) is 3.04. The summed E-state index contributed by atoms with van der Waals surface area (Å²) in [5.41, 5.74) is 1.12. The Kier molecular flexibility index (Phi) is 5.14. The summed E-state index contributed by atoms with van der Waals surface area (Å²) in [6.07, 6.45) is 0. The van der Waals surface area contributed by atoms with Gasteiger partial charge in [0.1, 0.15) is 4.88 Å². The third-order valence-electron chi connectivity index (χ3n) is 1.92. The zero-order valence-corrected chi connectivity index (χ0v) is 10.4. The Hall–Kier alpha value is -0.520. The molecule has 0 saturated carbocycles. The second kappa shape index (κ2) is 6.15. The lowest BCUT2D eigenvalue weighted by Crippen LogP contribution is -1.92. The SMILES string of the molecule is COCCSCc1cc(C(=O)O)sc1C. The van der Waals surface area contributed by atoms with Crippen LogP contribution >= 0.6 is 23.1 Å². The van der Waals surface area contributed by atoms with Crippen molar-refractivity contribution in [3.63, 3.8) is 0 Å². The average molecular weight is 246 g/mol. The molecule has 3 nitrogen and oxygen atoms in total. The Morgan fingerprint density at radius 2 is 2.40 bits per heavy atom. The van der Waals surface area contributed by atoms with Crippen LogP contribution in [0.25, 0.3) is 0 Å². The first-order valence-corrected chi connectivity index (χ1v) is 6.51. The van der Waals surface area contributed by atoms with E-state index < -0.39 is 5.97 Å². The summed E-state index contributed by atoms with van der Waals surface area (Å²) < 4.78 is 4.94. The second-order valence-corrected chi connectivity index (χ2v) is 5.40. The molecule has 1 aromatic rings. The Labute approximate surface area is 97.5 Å². The molecule has 0 aliphatic heterocycles. The van der Waals surface area contributed by atoms with Gasteiger partial charge in [-0.2, -0.15) is 11.8 Å². The Balaban J connectivity index is 2.50. The molecule has 0 aromatic carbocycles. The summed E-state index contributed by atoms with van der Waals surface area (Å²) in [4.78, 5) is 12.2. The number of carbonyl (C=O) groups is 1. The molecule has 0 saturated heterocycles. The van der Waals surface area contributed by atoms with E-state index in [0.717, 1.165) is 28.6 Å². The third-order valence-corrected chi connectivity index (χ3v) is 3.97. The van der Waals surface area contributed by atoms with Crippen LogP contribution in [0.2, 0.25) is 0 Å². The van der Waals surface area contributed by atoms with Crippen LogP contribution in [0.5, 0.6) is 0 Å². The van der Waals surface area contributed by atoms with Crippen LogP contribution in [0.4, 0.5) is 0 Å². The number of carboxylic acid groups (broad SMARTS) is 1. The quantitative estimate of drug-likeness (QED) is 0.784. The number of rotatable bonds is 6. The first kappa shape index (κ1) is 12.5. The van der Waals surface area contributed by atoms with Gasteiger partial charge in [-0.25, -0.2) is 4.79 Å². The molecule has 0 bridgehead atoms. The lowest BCUT2D eigenvalue weighted by molar-refractivity contribution is 0.0702. The van der Waals surface area contributed by atoms with Crippen molar-refractivity contribution >= 4 is 29.1 Å². The number of thiophene rings is 1. The van der Waals surface area contributed by atoms with E-state index in [4.69, 9.17) is 9.84 Å². The van der Waals surface area contributed by atoms with Crippen LogP contribution in [0.15, 0.2) is 6.07 Å². The number of hydrogen-bond donors (Lipinski definition) is 1. The molecule has 0 fully saturated rings. The van der Waals surface area contributed by atoms with Gasteiger partial charge >= 0.3 is 5.97 Å². The van der Waals surface area contributed by atoms with E-state index in [1.165, 1.54) is 11.3 Å². The molecule has 5 heteroatoms. The van der Waals surface area contributed by atoms with Crippen LogP contribution in [-0.2, 0) is 10.5 Å². The van der Waals surface area contributed by atoms with E-state index in [9.17, 15) is 4.79 Å². The average Bonchev–Trinajstić information content (AvgIpc) is 2.55. The van der Waals surface area contributed by atoms with Crippen LogP contribution < -0.4 is 0 Å². The van der Waals surface area contributed by atoms with Gasteiger partial charge in [0.15, 0.2) is 0 Å². The number of carboxylic acids is 1. The summed E-state index contributed by atoms with van der Waals surface area (Å²) >= 11 is 3.10. The number of hydrogen-bond acceptors (Lipinski definition) is 4. The highest BCUT2D eigenvalue weighted by atomic mass is 32.2. The topological polar surface area (TPSA) is 46.5 Å². The van der Waals surface area contributed by atoms with E-state index in [0.29, 0.717) is 4.88 Å². The van der Waals surface area contributed by atoms with Gasteiger partial charge in [0.25, 0.3) is 0 Å². The standard InChI is InChI=1S/C10H14O3S2/c1-7-8(6-14-4-3-13-2)5-9(15-7)10(11)12/h5H,3-4,6H2,1-2H3,(H,11,12). The fourth-order valence-electron chi connectivity index (χ4n) is 1.09. The maximum absolute atomic E-state index is 10.7. The molecule has 0 aliphatic rings. The molecule has 1 N–H and O–H groups in total. The zero-order valence-electron chi connectivity index (χ0n) is 8.78. The highest BCUT2D eigenvalue weighted by Crippen LogP contribution is 2.25. The summed E-state index contributed by atoms with van der Waals surface area (Å²) in [6, 6.07) is 1.77. The number of thioether (sulfide) groups is 1. The van der Waals surface area contributed by atoms with Gasteiger partial charge in [-0.05, 0) is 18.6 Å². The predicted octanol–water partition coefficient (Wildman–Crippen LogP) is 2.63. The van der Waals surface area contributed by atoms with Crippen molar-refractivity contribution < 1.29 is 14.6 Å². The predicted molar refractivity (Wildman–Crippen MR) is 64.1 cm³/mol. The first-order valence-electron chi connectivity index (χ1n) is 4.54. The molecule has 15 heavy (non-hydrogen) atoms. The van der Waals surface area contributed by atoms with Gasteiger partial charge in [0.05, 0.1) is 6.61 Å². The number of methoxy groups -OCH3 is 1. The third kappa shape index (κ3) is 3.85. The van der Waals surface area contributed by atoms with Crippen molar-refractivity contribution in [2.45, 2.75) is 12.7 Å². The fourth-order valence-corrected chi connectivity index (χ4v) is 3.01. The highest BCUT2D eigenvalue weighted by molar-refractivity contribution is 7.98. The minimum Gasteiger partial charge on any atom is -0.477 e. The maximum Gasteiger partial charge on any atom is 0.345 e. The molecule has 0 radical (unpaired) electrons. The van der Waals surface area contributed by atoms with E-state index in [1.807, 2.05) is 6.92 Å². The van der Waals surface area contributed by atoms with Gasteiger partial charge in [-0.15, -0.1) is 11.3 Å². The lowest BCUT2D eigenvalue weighted by atomic mass is 10.3. The first-order chi connectivity index (χ1) is 7.15. The minimum absolute atomic E-state index is 0.426. The van der Waals surface area contributed by atoms with Crippen molar-refractivity contribution in [1.29, 1.82) is 0 Å². The van der Waals surface area contributed by atoms with E-state index >= 15 is 0 Å². The van der Waals surface area contributed by atoms with Gasteiger partial charge in [0.2, 0.25) is 0 Å². The van der Waals surface area contributed by atoms with E-state index in [-0.39, 0.29) is 0 Å². The lowest BCUT2D eigenvalue weighted by Gasteiger charge is -1.99. The van der Waals surface area contributed by atoms with Crippen molar-refractivity contribution in [1.82, 2.24) is 0 Å². The molecule has 1 rings (SSSR count). The number of aryl methyl sites for hydroxylation is 1. The summed E-state index contributed by atoms with van der Waals surface area (Å²) in [6.45, 7) is 2.70. The molecule has 0 amide bonds. The van der Waals surface area contributed by atoms with Crippen molar-refractivity contribution in [3.05, 3.63) is 21.4 Å².